The van der Waals surface area contributed by atoms with Crippen molar-refractivity contribution in [2.45, 2.75) is 75.8 Å². The van der Waals surface area contributed by atoms with Gasteiger partial charge in [-0.15, -0.1) is 0 Å². The maximum atomic E-state index is 13.2. The van der Waals surface area contributed by atoms with Crippen molar-refractivity contribution in [2.75, 3.05) is 19.6 Å². The fraction of sp³-hybridized carbons (Fsp3) is 0.571. The number of nitrogens with two attached hydrogens (primary N) is 1. The number of hydrogen-bond donors (Lipinski definition) is 1. The van der Waals surface area contributed by atoms with Crippen LogP contribution in [-0.2, 0) is 0 Å². The van der Waals surface area contributed by atoms with Crippen LogP contribution >= 0.6 is 0 Å². The Bertz CT molecular complexity index is 969. The molecule has 1 unspecified atom stereocenters. The van der Waals surface area contributed by atoms with Gasteiger partial charge in [-0.3, -0.25) is 14.5 Å². The SMILES string of the molecule is NC(=O)c1cccc(C2C[C@H]3CC[C@@H](C2)N3CCN(CC2CCCCC2)C(=O)c2ccco2)c1. The molecule has 3 atom stereocenters. The van der Waals surface area contributed by atoms with E-state index >= 15 is 0 Å². The Kier molecular flexibility index (Phi) is 7.05. The van der Waals surface area contributed by atoms with Gasteiger partial charge in [0.1, 0.15) is 0 Å². The number of primary amides is 1. The molecule has 3 heterocycles. The molecule has 0 radical (unpaired) electrons. The summed E-state index contributed by atoms with van der Waals surface area (Å²) in [6.07, 6.45) is 12.6. The van der Waals surface area contributed by atoms with E-state index in [4.69, 9.17) is 10.2 Å². The first-order chi connectivity index (χ1) is 16.6. The Labute approximate surface area is 202 Å². The topological polar surface area (TPSA) is 79.8 Å². The number of nitrogens with zero attached hydrogens (tertiary/aromatic N) is 2. The number of furan rings is 1. The minimum absolute atomic E-state index is 0.0288. The zero-order valence-corrected chi connectivity index (χ0v) is 20.0. The zero-order chi connectivity index (χ0) is 23.5. The van der Waals surface area contributed by atoms with E-state index in [2.05, 4.69) is 15.9 Å². The van der Waals surface area contributed by atoms with Crippen molar-refractivity contribution in [3.05, 3.63) is 59.5 Å². The number of hydrogen-bond acceptors (Lipinski definition) is 4. The van der Waals surface area contributed by atoms with Crippen LogP contribution in [0, 0.1) is 5.92 Å². The predicted octanol–water partition coefficient (Wildman–Crippen LogP) is 4.81. The highest BCUT2D eigenvalue weighted by atomic mass is 16.3. The number of carbonyl (C=O) groups is 2. The molecular formula is C28H37N3O3. The maximum absolute atomic E-state index is 13.2. The first-order valence-electron chi connectivity index (χ1n) is 13.1. The quantitative estimate of drug-likeness (QED) is 0.609. The molecule has 1 saturated carbocycles. The fourth-order valence-corrected chi connectivity index (χ4v) is 6.61. The molecule has 3 aliphatic rings. The van der Waals surface area contributed by atoms with Crippen LogP contribution in [0.2, 0.25) is 0 Å². The Morgan fingerprint density at radius 2 is 1.76 bits per heavy atom. The van der Waals surface area contributed by atoms with Gasteiger partial charge >= 0.3 is 0 Å². The second-order valence-corrected chi connectivity index (χ2v) is 10.5. The molecule has 6 nitrogen and oxygen atoms in total. The van der Waals surface area contributed by atoms with Crippen molar-refractivity contribution >= 4 is 11.8 Å². The third-order valence-electron chi connectivity index (χ3n) is 8.38. The molecule has 1 aliphatic carbocycles. The summed E-state index contributed by atoms with van der Waals surface area (Å²) in [6, 6.07) is 12.5. The van der Waals surface area contributed by atoms with Crippen molar-refractivity contribution in [1.29, 1.82) is 0 Å². The summed E-state index contributed by atoms with van der Waals surface area (Å²) >= 11 is 0. The Hall–Kier alpha value is -2.60. The van der Waals surface area contributed by atoms with Gasteiger partial charge in [0, 0.05) is 37.3 Å². The van der Waals surface area contributed by atoms with Crippen molar-refractivity contribution in [3.8, 4) is 0 Å². The molecule has 2 saturated heterocycles. The van der Waals surface area contributed by atoms with E-state index in [0.717, 1.165) is 32.5 Å². The average Bonchev–Trinajstić information content (AvgIpc) is 3.48. The van der Waals surface area contributed by atoms with Crippen LogP contribution in [0.15, 0.2) is 47.1 Å². The second kappa shape index (κ2) is 10.3. The number of benzene rings is 1. The van der Waals surface area contributed by atoms with Gasteiger partial charge in [-0.2, -0.15) is 0 Å². The Morgan fingerprint density at radius 3 is 2.44 bits per heavy atom. The normalized spacial score (nSPS) is 25.4. The zero-order valence-electron chi connectivity index (χ0n) is 20.0. The van der Waals surface area contributed by atoms with E-state index in [0.29, 0.717) is 35.2 Å². The number of carbonyl (C=O) groups excluding carboxylic acids is 2. The minimum atomic E-state index is -0.360. The Morgan fingerprint density at radius 1 is 1.00 bits per heavy atom. The van der Waals surface area contributed by atoms with Gasteiger partial charge < -0.3 is 15.1 Å². The molecule has 34 heavy (non-hydrogen) atoms. The third-order valence-corrected chi connectivity index (χ3v) is 8.38. The highest BCUT2D eigenvalue weighted by Crippen LogP contribution is 2.43. The molecule has 3 fully saturated rings. The summed E-state index contributed by atoms with van der Waals surface area (Å²) in [4.78, 5) is 29.6. The average molecular weight is 464 g/mol. The lowest BCUT2D eigenvalue weighted by Crippen LogP contribution is -2.47. The summed E-state index contributed by atoms with van der Waals surface area (Å²) in [5.41, 5.74) is 7.34. The van der Waals surface area contributed by atoms with Gasteiger partial charge in [0.25, 0.3) is 5.91 Å². The highest BCUT2D eigenvalue weighted by molar-refractivity contribution is 5.93. The molecule has 6 heteroatoms. The second-order valence-electron chi connectivity index (χ2n) is 10.5. The van der Waals surface area contributed by atoms with Crippen molar-refractivity contribution in [1.82, 2.24) is 9.80 Å². The van der Waals surface area contributed by atoms with E-state index in [1.165, 1.54) is 50.5 Å². The van der Waals surface area contributed by atoms with Crippen molar-refractivity contribution in [2.24, 2.45) is 11.7 Å². The van der Waals surface area contributed by atoms with Crippen LogP contribution in [0.5, 0.6) is 0 Å². The van der Waals surface area contributed by atoms with Crippen LogP contribution in [-0.4, -0.2) is 53.3 Å². The molecule has 182 valence electrons. The van der Waals surface area contributed by atoms with Gasteiger partial charge in [-0.1, -0.05) is 31.4 Å². The number of fused-ring (bicyclic) bond motifs is 2. The van der Waals surface area contributed by atoms with Gasteiger partial charge in [-0.25, -0.2) is 0 Å². The summed E-state index contributed by atoms with van der Waals surface area (Å²) in [5, 5.41) is 0. The maximum Gasteiger partial charge on any atom is 0.289 e. The van der Waals surface area contributed by atoms with E-state index in [1.807, 2.05) is 12.1 Å². The van der Waals surface area contributed by atoms with E-state index in [9.17, 15) is 9.59 Å². The lowest BCUT2D eigenvalue weighted by atomic mass is 9.84. The molecule has 0 spiro atoms. The van der Waals surface area contributed by atoms with Crippen LogP contribution in [0.1, 0.15) is 90.2 Å². The summed E-state index contributed by atoms with van der Waals surface area (Å²) < 4.78 is 5.46. The van der Waals surface area contributed by atoms with Crippen molar-refractivity contribution in [3.63, 3.8) is 0 Å². The predicted molar refractivity (Wildman–Crippen MR) is 132 cm³/mol. The molecule has 2 N–H and O–H groups in total. The molecule has 2 amide bonds. The van der Waals surface area contributed by atoms with E-state index in [-0.39, 0.29) is 11.8 Å². The molecular weight excluding hydrogens is 426 g/mol. The van der Waals surface area contributed by atoms with E-state index in [1.54, 1.807) is 24.5 Å². The first-order valence-corrected chi connectivity index (χ1v) is 13.1. The standard InChI is InChI=1S/C28H37N3O3/c29-27(32)22-9-4-8-21(16-22)23-17-24-11-12-25(18-23)31(24)14-13-30(19-20-6-2-1-3-7-20)28(33)26-10-5-15-34-26/h4-5,8-10,15-16,20,23-25H,1-3,6-7,11-14,17-19H2,(H2,29,32)/t23?,24-,25+. The number of piperidine rings is 1. The molecule has 1 aromatic carbocycles. The van der Waals surface area contributed by atoms with Crippen LogP contribution < -0.4 is 5.73 Å². The van der Waals surface area contributed by atoms with Gasteiger partial charge in [0.2, 0.25) is 5.91 Å². The fourth-order valence-electron chi connectivity index (χ4n) is 6.61. The third kappa shape index (κ3) is 5.07. The van der Waals surface area contributed by atoms with Gasteiger partial charge in [0.05, 0.1) is 6.26 Å². The van der Waals surface area contributed by atoms with E-state index < -0.39 is 0 Å². The molecule has 1 aromatic heterocycles. The number of rotatable bonds is 8. The molecule has 2 bridgehead atoms. The minimum Gasteiger partial charge on any atom is -0.459 e. The largest absolute Gasteiger partial charge is 0.459 e. The smallest absolute Gasteiger partial charge is 0.289 e. The van der Waals surface area contributed by atoms with Crippen LogP contribution in [0.4, 0.5) is 0 Å². The summed E-state index contributed by atoms with van der Waals surface area (Å²) in [6.45, 7) is 2.51. The Balaban J connectivity index is 1.24. The highest BCUT2D eigenvalue weighted by Gasteiger charge is 2.41. The van der Waals surface area contributed by atoms with Gasteiger partial charge in [-0.05, 0) is 80.2 Å². The lowest BCUT2D eigenvalue weighted by Gasteiger charge is -2.40. The first kappa shape index (κ1) is 23.2. The molecule has 5 rings (SSSR count). The lowest BCUT2D eigenvalue weighted by molar-refractivity contribution is 0.0601. The van der Waals surface area contributed by atoms with Crippen molar-refractivity contribution < 1.29 is 14.0 Å². The summed E-state index contributed by atoms with van der Waals surface area (Å²) in [7, 11) is 0. The summed E-state index contributed by atoms with van der Waals surface area (Å²) in [5.74, 6) is 1.19. The van der Waals surface area contributed by atoms with Crippen LogP contribution in [0.3, 0.4) is 0 Å². The monoisotopic (exact) mass is 463 g/mol. The van der Waals surface area contributed by atoms with Gasteiger partial charge in [0.15, 0.2) is 5.76 Å². The number of amides is 2. The van der Waals surface area contributed by atoms with Crippen LogP contribution in [0.25, 0.3) is 0 Å². The molecule has 2 aliphatic heterocycles. The molecule has 2 aromatic rings.